The summed E-state index contributed by atoms with van der Waals surface area (Å²) in [5, 5.41) is 2.81. The Hall–Kier alpha value is -2.84. The van der Waals surface area contributed by atoms with E-state index in [1.54, 1.807) is 30.0 Å². The Morgan fingerprint density at radius 1 is 1.24 bits per heavy atom. The van der Waals surface area contributed by atoms with Gasteiger partial charge in [0.25, 0.3) is 5.91 Å². The Balaban J connectivity index is 1.99. The summed E-state index contributed by atoms with van der Waals surface area (Å²) < 4.78 is 6.03. The quantitative estimate of drug-likeness (QED) is 0.608. The van der Waals surface area contributed by atoms with Crippen molar-refractivity contribution in [2.75, 3.05) is 20.1 Å². The molecular formula is C20H22ClN5O3. The maximum atomic E-state index is 12.1. The second-order valence-electron chi connectivity index (χ2n) is 6.76. The largest absolute Gasteiger partial charge is 0.367 e. The van der Waals surface area contributed by atoms with Gasteiger partial charge in [0.05, 0.1) is 24.0 Å². The maximum Gasteiger partial charge on any atom is 0.269 e. The highest BCUT2D eigenvalue weighted by Crippen LogP contribution is 2.30. The van der Waals surface area contributed by atoms with Crippen molar-refractivity contribution in [3.8, 4) is 11.4 Å². The van der Waals surface area contributed by atoms with Gasteiger partial charge in [-0.3, -0.25) is 9.59 Å². The number of carbonyl (C=O) groups is 2. The van der Waals surface area contributed by atoms with Crippen molar-refractivity contribution in [1.82, 2.24) is 25.2 Å². The van der Waals surface area contributed by atoms with Gasteiger partial charge in [0.15, 0.2) is 0 Å². The first-order valence-electron chi connectivity index (χ1n) is 9.13. The highest BCUT2D eigenvalue weighted by atomic mass is 35.5. The fourth-order valence-electron chi connectivity index (χ4n) is 3.22. The van der Waals surface area contributed by atoms with Gasteiger partial charge in [0.1, 0.15) is 22.8 Å². The van der Waals surface area contributed by atoms with Crippen LogP contribution in [0.2, 0.25) is 5.15 Å². The lowest BCUT2D eigenvalue weighted by molar-refractivity contribution is -0.139. The fourth-order valence-corrected chi connectivity index (χ4v) is 3.44. The van der Waals surface area contributed by atoms with Crippen LogP contribution in [0.25, 0.3) is 11.4 Å². The molecule has 0 radical (unpaired) electrons. The molecule has 2 aromatic rings. The van der Waals surface area contributed by atoms with Gasteiger partial charge in [-0.1, -0.05) is 18.2 Å². The second-order valence-corrected chi connectivity index (χ2v) is 7.14. The molecular weight excluding hydrogens is 394 g/mol. The van der Waals surface area contributed by atoms with Crippen molar-refractivity contribution in [2.24, 2.45) is 0 Å². The van der Waals surface area contributed by atoms with Crippen LogP contribution in [-0.2, 0) is 9.53 Å². The molecule has 0 bridgehead atoms. The van der Waals surface area contributed by atoms with Crippen LogP contribution in [0, 0.1) is 6.92 Å². The molecule has 0 aliphatic carbocycles. The van der Waals surface area contributed by atoms with Crippen molar-refractivity contribution in [3.05, 3.63) is 53.1 Å². The van der Waals surface area contributed by atoms with Gasteiger partial charge in [-0.25, -0.2) is 15.0 Å². The SMILES string of the molecule is C=CC(=O)N1CC(c2cc(Cl)nc(-c3cc(C(=O)NC)nc(C)n3)c2)O[C@@H](C)C1. The number of amides is 2. The predicted molar refractivity (Wildman–Crippen MR) is 108 cm³/mol. The number of hydrogen-bond donors (Lipinski definition) is 1. The molecule has 1 fully saturated rings. The lowest BCUT2D eigenvalue weighted by Crippen LogP contribution is -2.45. The molecule has 0 saturated carbocycles. The number of hydrogen-bond acceptors (Lipinski definition) is 6. The molecule has 2 atom stereocenters. The van der Waals surface area contributed by atoms with Crippen molar-refractivity contribution < 1.29 is 14.3 Å². The average molecular weight is 416 g/mol. The van der Waals surface area contributed by atoms with Crippen LogP contribution < -0.4 is 5.32 Å². The zero-order valence-corrected chi connectivity index (χ0v) is 17.2. The number of pyridine rings is 1. The molecule has 1 saturated heterocycles. The van der Waals surface area contributed by atoms with Crippen molar-refractivity contribution in [1.29, 1.82) is 0 Å². The van der Waals surface area contributed by atoms with Gasteiger partial charge in [-0.2, -0.15) is 0 Å². The molecule has 8 nitrogen and oxygen atoms in total. The summed E-state index contributed by atoms with van der Waals surface area (Å²) in [4.78, 5) is 38.6. The van der Waals surface area contributed by atoms with Gasteiger partial charge in [-0.05, 0) is 43.7 Å². The first kappa shape index (κ1) is 20.9. The smallest absolute Gasteiger partial charge is 0.269 e. The van der Waals surface area contributed by atoms with Crippen LogP contribution in [0.4, 0.5) is 0 Å². The van der Waals surface area contributed by atoms with Crippen LogP contribution in [-0.4, -0.2) is 57.9 Å². The molecule has 152 valence electrons. The Labute approximate surface area is 174 Å². The minimum Gasteiger partial charge on any atom is -0.367 e. The third kappa shape index (κ3) is 4.78. The summed E-state index contributed by atoms with van der Waals surface area (Å²) in [6, 6.07) is 5.07. The molecule has 29 heavy (non-hydrogen) atoms. The van der Waals surface area contributed by atoms with E-state index in [9.17, 15) is 9.59 Å². The maximum absolute atomic E-state index is 12.1. The molecule has 3 heterocycles. The number of ether oxygens (including phenoxy) is 1. The third-order valence-electron chi connectivity index (χ3n) is 4.49. The topological polar surface area (TPSA) is 97.3 Å². The summed E-state index contributed by atoms with van der Waals surface area (Å²) in [5.74, 6) is -0.0242. The standard InChI is InChI=1S/C20H22ClN5O3/c1-5-19(27)26-9-11(2)29-17(10-26)13-6-14(25-18(21)7-13)15-8-16(20(28)22-4)24-12(3)23-15/h5-8,11,17H,1,9-10H2,2-4H3,(H,22,28)/t11-,17?/m0/s1. The van der Waals surface area contributed by atoms with Crippen LogP contribution in [0.1, 0.15) is 34.9 Å². The van der Waals surface area contributed by atoms with Crippen LogP contribution in [0.3, 0.4) is 0 Å². The summed E-state index contributed by atoms with van der Waals surface area (Å²) in [7, 11) is 1.53. The van der Waals surface area contributed by atoms with E-state index in [0.29, 0.717) is 30.3 Å². The number of morpholine rings is 1. The number of aromatic nitrogens is 3. The Kier molecular flexibility index (Phi) is 6.24. The highest BCUT2D eigenvalue weighted by molar-refractivity contribution is 6.29. The van der Waals surface area contributed by atoms with E-state index in [1.807, 2.05) is 6.92 Å². The van der Waals surface area contributed by atoms with Gasteiger partial charge in [-0.15, -0.1) is 0 Å². The van der Waals surface area contributed by atoms with Gasteiger partial charge in [0.2, 0.25) is 5.91 Å². The fraction of sp³-hybridized carbons (Fsp3) is 0.350. The van der Waals surface area contributed by atoms with E-state index >= 15 is 0 Å². The zero-order valence-electron chi connectivity index (χ0n) is 16.5. The highest BCUT2D eigenvalue weighted by Gasteiger charge is 2.29. The number of aryl methyl sites for hydroxylation is 1. The van der Waals surface area contributed by atoms with Crippen molar-refractivity contribution in [3.63, 3.8) is 0 Å². The van der Waals surface area contributed by atoms with Crippen molar-refractivity contribution in [2.45, 2.75) is 26.1 Å². The lowest BCUT2D eigenvalue weighted by atomic mass is 10.1. The second kappa shape index (κ2) is 8.67. The van der Waals surface area contributed by atoms with Crippen LogP contribution >= 0.6 is 11.6 Å². The van der Waals surface area contributed by atoms with E-state index in [2.05, 4.69) is 26.8 Å². The van der Waals surface area contributed by atoms with Gasteiger partial charge < -0.3 is 15.0 Å². The predicted octanol–water partition coefficient (Wildman–Crippen LogP) is 2.33. The van der Waals surface area contributed by atoms with E-state index in [1.165, 1.54) is 13.1 Å². The molecule has 1 aliphatic rings. The average Bonchev–Trinajstić information content (AvgIpc) is 2.71. The molecule has 2 amide bonds. The molecule has 0 spiro atoms. The summed E-state index contributed by atoms with van der Waals surface area (Å²) in [5.41, 5.74) is 1.98. The van der Waals surface area contributed by atoms with Crippen molar-refractivity contribution >= 4 is 23.4 Å². The molecule has 1 unspecified atom stereocenters. The number of nitrogens with zero attached hydrogens (tertiary/aromatic N) is 4. The number of halogens is 1. The number of carbonyl (C=O) groups excluding carboxylic acids is 2. The molecule has 9 heteroatoms. The van der Waals surface area contributed by atoms with Gasteiger partial charge in [0, 0.05) is 13.6 Å². The summed E-state index contributed by atoms with van der Waals surface area (Å²) in [6.45, 7) is 8.03. The number of rotatable bonds is 4. The lowest BCUT2D eigenvalue weighted by Gasteiger charge is -2.36. The monoisotopic (exact) mass is 415 g/mol. The van der Waals surface area contributed by atoms with E-state index in [4.69, 9.17) is 16.3 Å². The van der Waals surface area contributed by atoms with Gasteiger partial charge >= 0.3 is 0 Å². The molecule has 0 aromatic carbocycles. The molecule has 1 aliphatic heterocycles. The molecule has 2 aromatic heterocycles. The minimum absolute atomic E-state index is 0.144. The van der Waals surface area contributed by atoms with E-state index in [0.717, 1.165) is 5.56 Å². The summed E-state index contributed by atoms with van der Waals surface area (Å²) >= 11 is 6.27. The van der Waals surface area contributed by atoms with Crippen LogP contribution in [0.5, 0.6) is 0 Å². The molecule has 1 N–H and O–H groups in total. The normalized spacial score (nSPS) is 19.0. The first-order valence-corrected chi connectivity index (χ1v) is 9.51. The first-order chi connectivity index (χ1) is 13.8. The number of nitrogens with one attached hydrogen (secondary N) is 1. The Bertz CT molecular complexity index is 965. The van der Waals surface area contributed by atoms with Crippen LogP contribution in [0.15, 0.2) is 30.9 Å². The molecule has 3 rings (SSSR count). The Morgan fingerprint density at radius 3 is 2.66 bits per heavy atom. The van der Waals surface area contributed by atoms with E-state index in [-0.39, 0.29) is 34.9 Å². The Morgan fingerprint density at radius 2 is 1.97 bits per heavy atom. The third-order valence-corrected chi connectivity index (χ3v) is 4.69. The minimum atomic E-state index is -0.372. The summed E-state index contributed by atoms with van der Waals surface area (Å²) in [6.07, 6.45) is 0.779. The zero-order chi connectivity index (χ0) is 21.1. The van der Waals surface area contributed by atoms with E-state index < -0.39 is 0 Å².